The molecule has 0 aromatic heterocycles. The van der Waals surface area contributed by atoms with Crippen LogP contribution in [0.25, 0.3) is 0 Å². The second-order valence-electron chi connectivity index (χ2n) is 4.79. The summed E-state index contributed by atoms with van der Waals surface area (Å²) in [6, 6.07) is 13.3. The van der Waals surface area contributed by atoms with Gasteiger partial charge in [-0.3, -0.25) is 9.59 Å². The Morgan fingerprint density at radius 2 is 1.88 bits per heavy atom. The summed E-state index contributed by atoms with van der Waals surface area (Å²) in [6.07, 6.45) is -0.0288. The fourth-order valence-corrected chi connectivity index (χ4v) is 2.21. The van der Waals surface area contributed by atoms with E-state index in [0.717, 1.165) is 0 Å². The first kappa shape index (κ1) is 17.8. The number of benzene rings is 2. The number of esters is 1. The number of amides is 1. The average molecular weight is 363 g/mol. The largest absolute Gasteiger partial charge is 0.455 e. The summed E-state index contributed by atoms with van der Waals surface area (Å²) in [7, 11) is 0. The van der Waals surface area contributed by atoms with E-state index in [2.05, 4.69) is 5.32 Å². The van der Waals surface area contributed by atoms with Crippen LogP contribution in [-0.2, 0) is 20.7 Å². The zero-order valence-corrected chi connectivity index (χ0v) is 13.9. The van der Waals surface area contributed by atoms with Crippen molar-refractivity contribution in [3.8, 4) is 6.07 Å². The predicted molar refractivity (Wildman–Crippen MR) is 90.9 cm³/mol. The van der Waals surface area contributed by atoms with E-state index in [9.17, 15) is 9.59 Å². The molecule has 0 saturated carbocycles. The zero-order valence-electron chi connectivity index (χ0n) is 12.4. The van der Waals surface area contributed by atoms with Gasteiger partial charge in [-0.1, -0.05) is 41.4 Å². The van der Waals surface area contributed by atoms with Crippen LogP contribution in [0.1, 0.15) is 11.1 Å². The highest BCUT2D eigenvalue weighted by Gasteiger charge is 2.11. The Kier molecular flexibility index (Phi) is 6.19. The summed E-state index contributed by atoms with van der Waals surface area (Å²) in [4.78, 5) is 23.6. The van der Waals surface area contributed by atoms with Crippen LogP contribution in [0.2, 0.25) is 10.0 Å². The van der Waals surface area contributed by atoms with E-state index >= 15 is 0 Å². The molecule has 122 valence electrons. The number of nitrogens with one attached hydrogen (secondary N) is 1. The minimum Gasteiger partial charge on any atom is -0.455 e. The average Bonchev–Trinajstić information content (AvgIpc) is 2.57. The first-order valence-corrected chi connectivity index (χ1v) is 7.63. The number of carbonyl (C=O) groups is 2. The molecule has 0 fully saturated rings. The van der Waals surface area contributed by atoms with Gasteiger partial charge in [-0.05, 0) is 29.8 Å². The van der Waals surface area contributed by atoms with Crippen LogP contribution in [0.5, 0.6) is 0 Å². The lowest BCUT2D eigenvalue weighted by Crippen LogP contribution is -2.22. The molecule has 0 atom stereocenters. The van der Waals surface area contributed by atoms with E-state index < -0.39 is 18.5 Å². The molecule has 2 rings (SSSR count). The molecule has 2 aromatic carbocycles. The van der Waals surface area contributed by atoms with E-state index in [1.807, 2.05) is 6.07 Å². The Bertz CT molecular complexity index is 816. The smallest absolute Gasteiger partial charge is 0.310 e. The van der Waals surface area contributed by atoms with Crippen molar-refractivity contribution in [1.29, 1.82) is 5.26 Å². The molecule has 1 amide bonds. The standard InChI is InChI=1S/C17H12Cl2N2O3/c18-13-6-5-11(7-14(13)19)8-17(23)24-10-16(22)21-15-4-2-1-3-12(15)9-20/h1-7H,8,10H2,(H,21,22). The van der Waals surface area contributed by atoms with Gasteiger partial charge in [-0.2, -0.15) is 5.26 Å². The lowest BCUT2D eigenvalue weighted by molar-refractivity contribution is -0.146. The summed E-state index contributed by atoms with van der Waals surface area (Å²) in [5, 5.41) is 12.2. The van der Waals surface area contributed by atoms with E-state index in [1.165, 1.54) is 0 Å². The maximum absolute atomic E-state index is 11.8. The van der Waals surface area contributed by atoms with Crippen LogP contribution in [-0.4, -0.2) is 18.5 Å². The molecule has 0 aliphatic heterocycles. The van der Waals surface area contributed by atoms with Crippen molar-refractivity contribution in [2.24, 2.45) is 0 Å². The van der Waals surface area contributed by atoms with Crippen LogP contribution in [0, 0.1) is 11.3 Å². The maximum atomic E-state index is 11.8. The van der Waals surface area contributed by atoms with Crippen molar-refractivity contribution in [3.05, 3.63) is 63.6 Å². The van der Waals surface area contributed by atoms with Crippen molar-refractivity contribution >= 4 is 40.8 Å². The number of halogens is 2. The number of rotatable bonds is 5. The molecule has 0 radical (unpaired) electrons. The monoisotopic (exact) mass is 362 g/mol. The Morgan fingerprint density at radius 3 is 2.58 bits per heavy atom. The summed E-state index contributed by atoms with van der Waals surface area (Å²) < 4.78 is 4.91. The van der Waals surface area contributed by atoms with E-state index in [-0.39, 0.29) is 6.42 Å². The zero-order chi connectivity index (χ0) is 17.5. The van der Waals surface area contributed by atoms with Crippen molar-refractivity contribution in [1.82, 2.24) is 0 Å². The lowest BCUT2D eigenvalue weighted by atomic mass is 10.1. The summed E-state index contributed by atoms with van der Waals surface area (Å²) in [5.74, 6) is -1.10. The van der Waals surface area contributed by atoms with Crippen LogP contribution in [0.15, 0.2) is 42.5 Å². The van der Waals surface area contributed by atoms with Gasteiger partial charge in [0, 0.05) is 0 Å². The highest BCUT2D eigenvalue weighted by Crippen LogP contribution is 2.22. The molecule has 7 heteroatoms. The number of nitrogens with zero attached hydrogens (tertiary/aromatic N) is 1. The minimum atomic E-state index is -0.572. The van der Waals surface area contributed by atoms with Gasteiger partial charge >= 0.3 is 5.97 Å². The molecular weight excluding hydrogens is 351 g/mol. The van der Waals surface area contributed by atoms with E-state index in [0.29, 0.717) is 26.9 Å². The molecule has 1 N–H and O–H groups in total. The van der Waals surface area contributed by atoms with Gasteiger partial charge in [0.05, 0.1) is 27.7 Å². The van der Waals surface area contributed by atoms with Crippen LogP contribution in [0.3, 0.4) is 0 Å². The molecule has 2 aromatic rings. The molecule has 5 nitrogen and oxygen atoms in total. The topological polar surface area (TPSA) is 79.2 Å². The van der Waals surface area contributed by atoms with Gasteiger partial charge in [0.1, 0.15) is 6.07 Å². The van der Waals surface area contributed by atoms with Crippen LogP contribution >= 0.6 is 23.2 Å². The number of anilines is 1. The number of hydrogen-bond acceptors (Lipinski definition) is 4. The molecule has 24 heavy (non-hydrogen) atoms. The lowest BCUT2D eigenvalue weighted by Gasteiger charge is -2.08. The van der Waals surface area contributed by atoms with Crippen molar-refractivity contribution in [2.45, 2.75) is 6.42 Å². The molecule has 0 heterocycles. The second kappa shape index (κ2) is 8.34. The molecule has 0 aliphatic carbocycles. The SMILES string of the molecule is N#Cc1ccccc1NC(=O)COC(=O)Cc1ccc(Cl)c(Cl)c1. The molecule has 0 unspecified atom stereocenters. The third kappa shape index (κ3) is 4.98. The number of carbonyl (C=O) groups excluding carboxylic acids is 2. The Hall–Kier alpha value is -2.55. The van der Waals surface area contributed by atoms with Crippen molar-refractivity contribution in [3.63, 3.8) is 0 Å². The van der Waals surface area contributed by atoms with Gasteiger partial charge in [-0.25, -0.2) is 0 Å². The van der Waals surface area contributed by atoms with Gasteiger partial charge < -0.3 is 10.1 Å². The fourth-order valence-electron chi connectivity index (χ4n) is 1.89. The highest BCUT2D eigenvalue weighted by molar-refractivity contribution is 6.42. The van der Waals surface area contributed by atoms with Gasteiger partial charge in [-0.15, -0.1) is 0 Å². The summed E-state index contributed by atoms with van der Waals surface area (Å²) in [5.41, 5.74) is 1.32. The van der Waals surface area contributed by atoms with Crippen molar-refractivity contribution in [2.75, 3.05) is 11.9 Å². The Morgan fingerprint density at radius 1 is 1.12 bits per heavy atom. The van der Waals surface area contributed by atoms with E-state index in [1.54, 1.807) is 42.5 Å². The first-order chi connectivity index (χ1) is 11.5. The normalized spacial score (nSPS) is 9.88. The predicted octanol–water partition coefficient (Wildman–Crippen LogP) is 3.59. The quantitative estimate of drug-likeness (QED) is 0.824. The number of nitriles is 1. The Labute approximate surface area is 148 Å². The van der Waals surface area contributed by atoms with Gasteiger partial charge in [0.15, 0.2) is 6.61 Å². The third-order valence-corrected chi connectivity index (χ3v) is 3.76. The number of hydrogen-bond donors (Lipinski definition) is 1. The third-order valence-electron chi connectivity index (χ3n) is 3.02. The number of para-hydroxylation sites is 1. The molecular formula is C17H12Cl2N2O3. The van der Waals surface area contributed by atoms with Crippen LogP contribution < -0.4 is 5.32 Å². The number of ether oxygens (including phenoxy) is 1. The van der Waals surface area contributed by atoms with Crippen molar-refractivity contribution < 1.29 is 14.3 Å². The highest BCUT2D eigenvalue weighted by atomic mass is 35.5. The summed E-state index contributed by atoms with van der Waals surface area (Å²) >= 11 is 11.7. The molecule has 0 aliphatic rings. The maximum Gasteiger partial charge on any atom is 0.310 e. The Balaban J connectivity index is 1.86. The minimum absolute atomic E-state index is 0.0288. The second-order valence-corrected chi connectivity index (χ2v) is 5.61. The molecule has 0 spiro atoms. The summed E-state index contributed by atoms with van der Waals surface area (Å²) in [6.45, 7) is -0.445. The van der Waals surface area contributed by atoms with Gasteiger partial charge in [0.25, 0.3) is 5.91 Å². The van der Waals surface area contributed by atoms with Crippen LogP contribution in [0.4, 0.5) is 5.69 Å². The van der Waals surface area contributed by atoms with Gasteiger partial charge in [0.2, 0.25) is 0 Å². The molecule has 0 saturated heterocycles. The van der Waals surface area contributed by atoms with E-state index in [4.69, 9.17) is 33.2 Å². The first-order valence-electron chi connectivity index (χ1n) is 6.88. The fraction of sp³-hybridized carbons (Fsp3) is 0.118. The molecule has 0 bridgehead atoms.